The number of sulfone groups is 1. The van der Waals surface area contributed by atoms with E-state index in [1.54, 1.807) is 4.57 Å². The number of nitrogens with zero attached hydrogens (tertiary/aromatic N) is 2. The molecule has 1 aromatic heterocycles. The molecule has 0 bridgehead atoms. The van der Waals surface area contributed by atoms with Gasteiger partial charge in [0, 0.05) is 11.6 Å². The average Bonchev–Trinajstić information content (AvgIpc) is 3.02. The number of hydrogen-bond donors (Lipinski definition) is 2. The Morgan fingerprint density at radius 2 is 2.29 bits per heavy atom. The Labute approximate surface area is 145 Å². The van der Waals surface area contributed by atoms with Gasteiger partial charge in [0.25, 0.3) is 0 Å². The van der Waals surface area contributed by atoms with Gasteiger partial charge in [-0.2, -0.15) is 5.10 Å². The number of aromatic amines is 1. The van der Waals surface area contributed by atoms with E-state index in [-0.39, 0.29) is 30.0 Å². The molecule has 24 heavy (non-hydrogen) atoms. The zero-order valence-corrected chi connectivity index (χ0v) is 14.8. The van der Waals surface area contributed by atoms with Gasteiger partial charge in [0.2, 0.25) is 5.91 Å². The quantitative estimate of drug-likeness (QED) is 0.793. The van der Waals surface area contributed by atoms with Gasteiger partial charge in [0.05, 0.1) is 11.5 Å². The molecule has 7 nitrogen and oxygen atoms in total. The SMILES string of the molecule is Cc1cccc(-c2n[nH]c(=S)n2CC(=O)N[C@H]2CCS(=O)(=O)C2)c1. The number of carbonyl (C=O) groups is 1. The van der Waals surface area contributed by atoms with Crippen LogP contribution in [-0.4, -0.2) is 46.6 Å². The molecule has 128 valence electrons. The van der Waals surface area contributed by atoms with E-state index in [9.17, 15) is 13.2 Å². The lowest BCUT2D eigenvalue weighted by atomic mass is 10.1. The second-order valence-corrected chi connectivity index (χ2v) is 8.59. The summed E-state index contributed by atoms with van der Waals surface area (Å²) in [6.07, 6.45) is 0.454. The molecule has 1 aliphatic heterocycles. The minimum Gasteiger partial charge on any atom is -0.351 e. The highest BCUT2D eigenvalue weighted by Crippen LogP contribution is 2.18. The maximum atomic E-state index is 12.3. The van der Waals surface area contributed by atoms with Gasteiger partial charge in [0.15, 0.2) is 20.4 Å². The van der Waals surface area contributed by atoms with Gasteiger partial charge in [-0.1, -0.05) is 23.8 Å². The van der Waals surface area contributed by atoms with E-state index < -0.39 is 9.84 Å². The lowest BCUT2D eigenvalue weighted by Crippen LogP contribution is -2.37. The Hall–Kier alpha value is -2.00. The van der Waals surface area contributed by atoms with Crippen LogP contribution in [0, 0.1) is 11.7 Å². The van der Waals surface area contributed by atoms with Crippen LogP contribution in [0.15, 0.2) is 24.3 Å². The fourth-order valence-electron chi connectivity index (χ4n) is 2.79. The molecule has 0 aliphatic carbocycles. The van der Waals surface area contributed by atoms with Crippen molar-refractivity contribution < 1.29 is 13.2 Å². The fourth-order valence-corrected chi connectivity index (χ4v) is 4.66. The highest BCUT2D eigenvalue weighted by Gasteiger charge is 2.29. The molecule has 1 amide bonds. The third-order valence-corrected chi connectivity index (χ3v) is 6.01. The van der Waals surface area contributed by atoms with E-state index in [4.69, 9.17) is 12.2 Å². The lowest BCUT2D eigenvalue weighted by Gasteiger charge is -2.12. The Morgan fingerprint density at radius 1 is 1.50 bits per heavy atom. The van der Waals surface area contributed by atoms with Gasteiger partial charge in [-0.05, 0) is 31.6 Å². The second kappa shape index (κ2) is 6.48. The highest BCUT2D eigenvalue weighted by molar-refractivity contribution is 7.91. The molecule has 1 fully saturated rings. The zero-order valence-electron chi connectivity index (χ0n) is 13.2. The standard InChI is InChI=1S/C15H18N4O3S2/c1-10-3-2-4-11(7-10)14-17-18-15(23)19(14)8-13(20)16-12-5-6-24(21,22)9-12/h2-4,7,12H,5-6,8-9H2,1H3,(H,16,20)(H,18,23)/t12-/m0/s1. The van der Waals surface area contributed by atoms with Crippen molar-refractivity contribution in [3.05, 3.63) is 34.6 Å². The van der Waals surface area contributed by atoms with Crippen LogP contribution in [0.3, 0.4) is 0 Å². The van der Waals surface area contributed by atoms with E-state index in [1.807, 2.05) is 31.2 Å². The number of rotatable bonds is 4. The summed E-state index contributed by atoms with van der Waals surface area (Å²) in [5.74, 6) is 0.430. The first-order chi connectivity index (χ1) is 11.3. The number of aryl methyl sites for hydroxylation is 1. The van der Waals surface area contributed by atoms with Crippen molar-refractivity contribution in [1.82, 2.24) is 20.1 Å². The molecule has 1 saturated heterocycles. The first kappa shape index (κ1) is 16.8. The summed E-state index contributed by atoms with van der Waals surface area (Å²) in [7, 11) is -3.03. The molecule has 0 saturated carbocycles. The summed E-state index contributed by atoms with van der Waals surface area (Å²) in [5.41, 5.74) is 1.94. The molecule has 1 aromatic carbocycles. The van der Waals surface area contributed by atoms with Crippen molar-refractivity contribution >= 4 is 28.0 Å². The molecule has 3 rings (SSSR count). The predicted octanol–water partition coefficient (Wildman–Crippen LogP) is 1.22. The zero-order chi connectivity index (χ0) is 17.3. The van der Waals surface area contributed by atoms with Crippen LogP contribution in [0.1, 0.15) is 12.0 Å². The summed E-state index contributed by atoms with van der Waals surface area (Å²) in [5, 5.41) is 9.68. The lowest BCUT2D eigenvalue weighted by molar-refractivity contribution is -0.122. The Kier molecular flexibility index (Phi) is 4.55. The molecule has 1 atom stereocenters. The summed E-state index contributed by atoms with van der Waals surface area (Å²) < 4.78 is 24.9. The first-order valence-electron chi connectivity index (χ1n) is 7.56. The number of H-pyrrole nitrogens is 1. The van der Waals surface area contributed by atoms with Gasteiger partial charge < -0.3 is 5.32 Å². The number of benzene rings is 1. The van der Waals surface area contributed by atoms with Crippen LogP contribution >= 0.6 is 12.2 Å². The number of nitrogens with one attached hydrogen (secondary N) is 2. The monoisotopic (exact) mass is 366 g/mol. The molecule has 0 unspecified atom stereocenters. The van der Waals surface area contributed by atoms with Crippen molar-refractivity contribution in [2.24, 2.45) is 0 Å². The maximum Gasteiger partial charge on any atom is 0.240 e. The van der Waals surface area contributed by atoms with Gasteiger partial charge in [-0.15, -0.1) is 0 Å². The van der Waals surface area contributed by atoms with E-state index >= 15 is 0 Å². The molecule has 2 aromatic rings. The molecule has 0 spiro atoms. The van der Waals surface area contributed by atoms with Crippen LogP contribution in [0.2, 0.25) is 0 Å². The molecule has 2 N–H and O–H groups in total. The second-order valence-electron chi connectivity index (χ2n) is 5.98. The van der Waals surface area contributed by atoms with Crippen molar-refractivity contribution in [3.8, 4) is 11.4 Å². The van der Waals surface area contributed by atoms with E-state index in [0.717, 1.165) is 11.1 Å². The van der Waals surface area contributed by atoms with Gasteiger partial charge in [0.1, 0.15) is 6.54 Å². The highest BCUT2D eigenvalue weighted by atomic mass is 32.2. The third kappa shape index (κ3) is 3.73. The van der Waals surface area contributed by atoms with Gasteiger partial charge in [-0.25, -0.2) is 8.42 Å². The molecule has 2 heterocycles. The molecular weight excluding hydrogens is 348 g/mol. The normalized spacial score (nSPS) is 19.3. The van der Waals surface area contributed by atoms with E-state index in [2.05, 4.69) is 15.5 Å². The number of hydrogen-bond acceptors (Lipinski definition) is 5. The molecular formula is C15H18N4O3S2. The molecule has 1 aliphatic rings. The van der Waals surface area contributed by atoms with E-state index in [1.165, 1.54) is 0 Å². The summed E-state index contributed by atoms with van der Waals surface area (Å²) in [6.45, 7) is 1.97. The smallest absolute Gasteiger partial charge is 0.240 e. The summed E-state index contributed by atoms with van der Waals surface area (Å²) in [6, 6.07) is 7.42. The number of amides is 1. The van der Waals surface area contributed by atoms with Crippen LogP contribution in [0.4, 0.5) is 0 Å². The maximum absolute atomic E-state index is 12.3. The molecule has 0 radical (unpaired) electrons. The van der Waals surface area contributed by atoms with Crippen molar-refractivity contribution in [1.29, 1.82) is 0 Å². The minimum atomic E-state index is -3.03. The topological polar surface area (TPSA) is 96.8 Å². The first-order valence-corrected chi connectivity index (χ1v) is 9.79. The largest absolute Gasteiger partial charge is 0.351 e. The van der Waals surface area contributed by atoms with Gasteiger partial charge >= 0.3 is 0 Å². The third-order valence-electron chi connectivity index (χ3n) is 3.93. The van der Waals surface area contributed by atoms with Crippen molar-refractivity contribution in [2.45, 2.75) is 25.9 Å². The van der Waals surface area contributed by atoms with Crippen molar-refractivity contribution in [3.63, 3.8) is 0 Å². The number of carbonyl (C=O) groups excluding carboxylic acids is 1. The van der Waals surface area contributed by atoms with Crippen LogP contribution in [-0.2, 0) is 21.2 Å². The van der Waals surface area contributed by atoms with Crippen LogP contribution < -0.4 is 5.32 Å². The van der Waals surface area contributed by atoms with Crippen molar-refractivity contribution in [2.75, 3.05) is 11.5 Å². The Bertz CT molecular complexity index is 930. The molecule has 9 heteroatoms. The predicted molar refractivity (Wildman–Crippen MR) is 92.8 cm³/mol. The Balaban J connectivity index is 1.77. The number of aromatic nitrogens is 3. The summed E-state index contributed by atoms with van der Waals surface area (Å²) in [4.78, 5) is 12.3. The summed E-state index contributed by atoms with van der Waals surface area (Å²) >= 11 is 5.21. The van der Waals surface area contributed by atoms with Gasteiger partial charge in [-0.3, -0.25) is 14.5 Å². The minimum absolute atomic E-state index is 0.000261. The van der Waals surface area contributed by atoms with E-state index in [0.29, 0.717) is 17.0 Å². The average molecular weight is 366 g/mol. The fraction of sp³-hybridized carbons (Fsp3) is 0.400. The Morgan fingerprint density at radius 3 is 2.96 bits per heavy atom. The van der Waals surface area contributed by atoms with Crippen LogP contribution in [0.5, 0.6) is 0 Å². The van der Waals surface area contributed by atoms with Crippen LogP contribution in [0.25, 0.3) is 11.4 Å².